The van der Waals surface area contributed by atoms with Gasteiger partial charge in [-0.3, -0.25) is 9.52 Å². The number of rotatable bonds is 14. The van der Waals surface area contributed by atoms with E-state index >= 15 is 0 Å². The molecule has 1 amide bonds. The van der Waals surface area contributed by atoms with E-state index in [2.05, 4.69) is 29.0 Å². The van der Waals surface area contributed by atoms with Crippen molar-refractivity contribution < 1.29 is 24.2 Å². The van der Waals surface area contributed by atoms with Gasteiger partial charge in [0.1, 0.15) is 11.4 Å². The summed E-state index contributed by atoms with van der Waals surface area (Å²) in [6.07, 6.45) is 8.57. The number of nitrogens with two attached hydrogens (primary N) is 1. The van der Waals surface area contributed by atoms with Gasteiger partial charge in [0.2, 0.25) is 0 Å². The van der Waals surface area contributed by atoms with Crippen LogP contribution in [0.5, 0.6) is 0 Å². The summed E-state index contributed by atoms with van der Waals surface area (Å²) in [7, 11) is 7.43. The van der Waals surface area contributed by atoms with Crippen LogP contribution in [0.4, 0.5) is 15.8 Å². The van der Waals surface area contributed by atoms with Crippen LogP contribution in [0.15, 0.2) is 47.4 Å². The Morgan fingerprint density at radius 1 is 1.08 bits per heavy atom. The van der Waals surface area contributed by atoms with Crippen molar-refractivity contribution >= 4 is 29.2 Å². The molecule has 210 valence electrons. The predicted molar refractivity (Wildman–Crippen MR) is 152 cm³/mol. The molecule has 1 atom stereocenters. The first-order valence-corrected chi connectivity index (χ1v) is 14.3. The lowest BCUT2D eigenvalue weighted by Crippen LogP contribution is -2.76. The Balaban J connectivity index is 1.68. The molecule has 0 spiro atoms. The summed E-state index contributed by atoms with van der Waals surface area (Å²) in [5.41, 5.74) is 3.99. The summed E-state index contributed by atoms with van der Waals surface area (Å²) in [5, 5.41) is 3.71. The molecule has 0 aliphatic heterocycles. The highest BCUT2D eigenvalue weighted by atomic mass is 32.2. The van der Waals surface area contributed by atoms with E-state index in [0.29, 0.717) is 0 Å². The van der Waals surface area contributed by atoms with Crippen LogP contribution in [0.3, 0.4) is 0 Å². The second kappa shape index (κ2) is 15.4. The average molecular weight is 548 g/mol. The average Bonchev–Trinajstić information content (AvgIpc) is 3.17. The minimum absolute atomic E-state index is 0.0593. The molecule has 0 heterocycles. The van der Waals surface area contributed by atoms with Crippen molar-refractivity contribution in [2.45, 2.75) is 74.3 Å². The van der Waals surface area contributed by atoms with Gasteiger partial charge in [-0.25, -0.2) is 9.23 Å². The number of carbonyl (C=O) groups excluding carboxylic acids is 1. The maximum absolute atomic E-state index is 13.3. The smallest absolute Gasteiger partial charge is 0.262 e. The summed E-state index contributed by atoms with van der Waals surface area (Å²) in [6, 6.07) is 13.0. The topological polar surface area (TPSA) is 79.4 Å². The SMILES string of the molecule is CO[NH2+]c1cc(SNC(=O)C2(OC)CCCCCC2)ccc1NC(CCc1ccc(F)cc1)CCN(C)C. The highest BCUT2D eigenvalue weighted by Gasteiger charge is 2.38. The first-order chi connectivity index (χ1) is 18.3. The van der Waals surface area contributed by atoms with Gasteiger partial charge in [0.05, 0.1) is 12.8 Å². The Kier molecular flexibility index (Phi) is 12.3. The van der Waals surface area contributed by atoms with Crippen molar-refractivity contribution in [1.29, 1.82) is 0 Å². The van der Waals surface area contributed by atoms with Crippen molar-refractivity contribution in [3.05, 3.63) is 53.8 Å². The third-order valence-corrected chi connectivity index (χ3v) is 8.00. The van der Waals surface area contributed by atoms with Crippen LogP contribution in [0.2, 0.25) is 0 Å². The first-order valence-electron chi connectivity index (χ1n) is 13.5. The van der Waals surface area contributed by atoms with Gasteiger partial charge in [0.25, 0.3) is 5.91 Å². The van der Waals surface area contributed by atoms with Crippen molar-refractivity contribution in [2.75, 3.05) is 40.2 Å². The Bertz CT molecular complexity index is 998. The molecular weight excluding hydrogens is 503 g/mol. The van der Waals surface area contributed by atoms with Crippen molar-refractivity contribution in [3.63, 3.8) is 0 Å². The molecule has 0 aromatic heterocycles. The Hall–Kier alpha value is -2.17. The number of benzene rings is 2. The van der Waals surface area contributed by atoms with Gasteiger partial charge in [-0.1, -0.05) is 37.8 Å². The van der Waals surface area contributed by atoms with E-state index < -0.39 is 5.60 Å². The number of quaternary nitrogens is 1. The summed E-state index contributed by atoms with van der Waals surface area (Å²) < 4.78 is 22.1. The third kappa shape index (κ3) is 9.24. The fraction of sp³-hybridized carbons (Fsp3) is 0.552. The fourth-order valence-corrected chi connectivity index (χ4v) is 5.62. The van der Waals surface area contributed by atoms with Crippen molar-refractivity contribution in [2.24, 2.45) is 0 Å². The van der Waals surface area contributed by atoms with Gasteiger partial charge in [0, 0.05) is 24.1 Å². The van der Waals surface area contributed by atoms with Crippen LogP contribution >= 0.6 is 11.9 Å². The molecule has 0 radical (unpaired) electrons. The summed E-state index contributed by atoms with van der Waals surface area (Å²) in [6.45, 7) is 0.950. The van der Waals surface area contributed by atoms with Crippen LogP contribution in [-0.2, 0) is 20.8 Å². The lowest BCUT2D eigenvalue weighted by Gasteiger charge is -2.29. The van der Waals surface area contributed by atoms with Gasteiger partial charge < -0.3 is 15.0 Å². The van der Waals surface area contributed by atoms with E-state index in [1.54, 1.807) is 19.7 Å². The second-order valence-corrected chi connectivity index (χ2v) is 11.2. The second-order valence-electron chi connectivity index (χ2n) is 10.3. The van der Waals surface area contributed by atoms with Gasteiger partial charge >= 0.3 is 0 Å². The number of aryl methyl sites for hydroxylation is 1. The predicted octanol–water partition coefficient (Wildman–Crippen LogP) is 4.81. The van der Waals surface area contributed by atoms with Gasteiger partial charge in [0.15, 0.2) is 5.69 Å². The molecule has 1 saturated carbocycles. The van der Waals surface area contributed by atoms with Crippen LogP contribution in [0, 0.1) is 5.82 Å². The zero-order valence-electron chi connectivity index (χ0n) is 23.2. The molecule has 0 bridgehead atoms. The molecule has 1 fully saturated rings. The van der Waals surface area contributed by atoms with Crippen LogP contribution in [0.1, 0.15) is 56.9 Å². The lowest BCUT2D eigenvalue weighted by molar-refractivity contribution is -0.829. The van der Waals surface area contributed by atoms with Gasteiger partial charge in [-0.15, -0.1) is 0 Å². The molecule has 7 nitrogen and oxygen atoms in total. The number of ether oxygens (including phenoxy) is 1. The summed E-state index contributed by atoms with van der Waals surface area (Å²) in [5.74, 6) is -0.271. The number of hydrogen-bond donors (Lipinski definition) is 3. The maximum atomic E-state index is 13.3. The molecular formula is C29H44FN4O3S+. The first kappa shape index (κ1) is 30.4. The monoisotopic (exact) mass is 547 g/mol. The highest BCUT2D eigenvalue weighted by Crippen LogP contribution is 2.32. The largest absolute Gasteiger partial charge is 0.377 e. The quantitative estimate of drug-likeness (QED) is 0.136. The van der Waals surface area contributed by atoms with Crippen LogP contribution in [0.25, 0.3) is 0 Å². The number of halogens is 1. The molecule has 4 N–H and O–H groups in total. The van der Waals surface area contributed by atoms with Crippen LogP contribution in [-0.4, -0.2) is 57.3 Å². The Morgan fingerprint density at radius 3 is 2.42 bits per heavy atom. The number of nitrogens with one attached hydrogen (secondary N) is 2. The number of carbonyl (C=O) groups is 1. The lowest BCUT2D eigenvalue weighted by atomic mass is 9.93. The van der Waals surface area contributed by atoms with E-state index in [4.69, 9.17) is 9.57 Å². The summed E-state index contributed by atoms with van der Waals surface area (Å²) in [4.78, 5) is 21.6. The number of nitrogens with zero attached hydrogens (tertiary/aromatic N) is 1. The molecule has 38 heavy (non-hydrogen) atoms. The molecule has 1 unspecified atom stereocenters. The zero-order chi connectivity index (χ0) is 27.4. The maximum Gasteiger partial charge on any atom is 0.262 e. The number of amides is 1. The van der Waals surface area contributed by atoms with E-state index in [-0.39, 0.29) is 17.8 Å². The Labute approximate surface area is 231 Å². The molecule has 2 aromatic carbocycles. The zero-order valence-corrected chi connectivity index (χ0v) is 24.0. The van der Waals surface area contributed by atoms with Crippen molar-refractivity contribution in [3.8, 4) is 0 Å². The van der Waals surface area contributed by atoms with E-state index in [1.165, 1.54) is 24.1 Å². The van der Waals surface area contributed by atoms with E-state index in [1.807, 2.05) is 30.3 Å². The minimum Gasteiger partial charge on any atom is -0.377 e. The van der Waals surface area contributed by atoms with Crippen LogP contribution < -0.4 is 15.5 Å². The standard InChI is InChI=1S/C29H43FN4O3S/c1-34(2)20-17-24(14-11-22-9-12-23(30)13-10-22)31-26-16-15-25(21-27(26)32-37-4)38-33-28(35)29(36-3)18-7-5-6-8-19-29/h9-10,12-13,15-16,21,24,31-32H,5-8,11,14,17-20H2,1-4H3,(H,33,35)/p+1. The fourth-order valence-electron chi connectivity index (χ4n) is 4.90. The van der Waals surface area contributed by atoms with E-state index in [0.717, 1.165) is 86.2 Å². The highest BCUT2D eigenvalue weighted by molar-refractivity contribution is 7.98. The molecule has 0 saturated heterocycles. The number of methoxy groups -OCH3 is 1. The van der Waals surface area contributed by atoms with E-state index in [9.17, 15) is 9.18 Å². The molecule has 3 rings (SSSR count). The normalized spacial score (nSPS) is 16.2. The van der Waals surface area contributed by atoms with Gasteiger partial charge in [-0.2, -0.15) is 5.48 Å². The molecule has 2 aromatic rings. The van der Waals surface area contributed by atoms with Crippen molar-refractivity contribution in [1.82, 2.24) is 9.62 Å². The van der Waals surface area contributed by atoms with Gasteiger partial charge in [-0.05, 0) is 94.5 Å². The summed E-state index contributed by atoms with van der Waals surface area (Å²) >= 11 is 1.31. The third-order valence-electron chi connectivity index (χ3n) is 7.22. The molecule has 1 aliphatic rings. The number of anilines is 1. The Morgan fingerprint density at radius 2 is 1.79 bits per heavy atom. The minimum atomic E-state index is -0.739. The number of hydrogen-bond acceptors (Lipinski definition) is 6. The molecule has 1 aliphatic carbocycles. The molecule has 9 heteroatoms.